The number of hydrogen-bond acceptors (Lipinski definition) is 2. The minimum absolute atomic E-state index is 0.194. The summed E-state index contributed by atoms with van der Waals surface area (Å²) in [7, 11) is 9.53. The van der Waals surface area contributed by atoms with Crippen LogP contribution in [0.25, 0.3) is 0 Å². The molecule has 2 nitrogen and oxygen atoms in total. The molecule has 2 heterocycles. The van der Waals surface area contributed by atoms with E-state index in [0.29, 0.717) is 0 Å². The maximum atomic E-state index is 4.94. The van der Waals surface area contributed by atoms with Gasteiger partial charge in [-0.1, -0.05) is 0 Å². The topological polar surface area (TPSA) is 18.5 Å². The van der Waals surface area contributed by atoms with Gasteiger partial charge in [0.2, 0.25) is 0 Å². The first-order chi connectivity index (χ1) is 6.41. The Morgan fingerprint density at radius 3 is 1.00 bits per heavy atom. The Hall–Kier alpha value is 1.02. The first-order valence-corrected chi connectivity index (χ1v) is 7.46. The van der Waals surface area contributed by atoms with Crippen molar-refractivity contribution in [2.45, 2.75) is 25.7 Å². The zero-order valence-corrected chi connectivity index (χ0v) is 10.2. The van der Waals surface area contributed by atoms with Crippen LogP contribution in [0.5, 0.6) is 0 Å². The van der Waals surface area contributed by atoms with Crippen LogP contribution in [0.4, 0.5) is 0 Å². The molecule has 0 aromatic rings. The Kier molecular flexibility index (Phi) is 14.0. The summed E-state index contributed by atoms with van der Waals surface area (Å²) in [6, 6.07) is 0. The van der Waals surface area contributed by atoms with Crippen molar-refractivity contribution in [3.05, 3.63) is 0 Å². The Labute approximate surface area is 94.9 Å². The van der Waals surface area contributed by atoms with Crippen LogP contribution in [0.15, 0.2) is 0 Å². The Morgan fingerprint density at radius 1 is 0.692 bits per heavy atom. The molecule has 2 saturated heterocycles. The number of rotatable bonds is 0. The van der Waals surface area contributed by atoms with Crippen LogP contribution in [-0.2, 0) is 22.6 Å². The van der Waals surface area contributed by atoms with Gasteiger partial charge < -0.3 is 9.47 Å². The summed E-state index contributed by atoms with van der Waals surface area (Å²) >= 11 is 0.194. The van der Waals surface area contributed by atoms with Crippen LogP contribution in [-0.4, -0.2) is 26.4 Å². The summed E-state index contributed by atoms with van der Waals surface area (Å²) in [6.45, 7) is 4.00. The normalized spacial score (nSPS) is 20.2. The van der Waals surface area contributed by atoms with E-state index >= 15 is 0 Å². The summed E-state index contributed by atoms with van der Waals surface area (Å²) in [6.07, 6.45) is 5.11. The van der Waals surface area contributed by atoms with Gasteiger partial charge in [0.25, 0.3) is 0 Å². The Balaban J connectivity index is 0.000000174. The summed E-state index contributed by atoms with van der Waals surface area (Å²) in [5, 5.41) is 0. The molecule has 0 atom stereocenters. The Morgan fingerprint density at radius 2 is 0.923 bits per heavy atom. The molecule has 0 amide bonds. The fraction of sp³-hybridized carbons (Fsp3) is 1.00. The van der Waals surface area contributed by atoms with Crippen molar-refractivity contribution in [1.29, 1.82) is 0 Å². The van der Waals surface area contributed by atoms with Crippen molar-refractivity contribution >= 4 is 20.2 Å². The van der Waals surface area contributed by atoms with E-state index in [1.807, 2.05) is 0 Å². The number of halogens is 2. The van der Waals surface area contributed by atoms with Crippen LogP contribution in [0, 0.1) is 0 Å². The van der Waals surface area contributed by atoms with Crippen LogP contribution in [0.2, 0.25) is 0 Å². The first-order valence-electron chi connectivity index (χ1n) is 4.42. The van der Waals surface area contributed by atoms with Gasteiger partial charge in [-0.2, -0.15) is 0 Å². The summed E-state index contributed by atoms with van der Waals surface area (Å²) < 4.78 is 9.89. The van der Waals surface area contributed by atoms with Gasteiger partial charge in [0.1, 0.15) is 0 Å². The predicted molar refractivity (Wildman–Crippen MR) is 51.8 cm³/mol. The molecule has 0 saturated carbocycles. The third kappa shape index (κ3) is 13.0. The third-order valence-corrected chi connectivity index (χ3v) is 1.65. The molecule has 13 heavy (non-hydrogen) atoms. The molecular formula is C8H16Cl2FeO2. The molecule has 0 aromatic heterocycles. The third-order valence-electron chi connectivity index (χ3n) is 1.65. The molecule has 2 aliphatic heterocycles. The molecule has 0 spiro atoms. The number of ether oxygens (including phenoxy) is 2. The van der Waals surface area contributed by atoms with Gasteiger partial charge >= 0.3 is 33.3 Å². The van der Waals surface area contributed by atoms with E-state index in [-0.39, 0.29) is 13.1 Å². The second-order valence-corrected chi connectivity index (χ2v) is 4.51. The fourth-order valence-corrected chi connectivity index (χ4v) is 1.02. The second kappa shape index (κ2) is 13.0. The molecular weight excluding hydrogens is 255 g/mol. The standard InChI is InChI=1S/2C4H8O.2ClH.Fe/c2*1-2-4-5-3-1;;;/h2*1-4H2;2*1H;/q;;;;+2/p-2. The van der Waals surface area contributed by atoms with E-state index in [0.717, 1.165) is 26.4 Å². The van der Waals surface area contributed by atoms with Crippen LogP contribution in [0.3, 0.4) is 0 Å². The van der Waals surface area contributed by atoms with E-state index in [1.165, 1.54) is 25.7 Å². The average molecular weight is 271 g/mol. The molecule has 0 aliphatic carbocycles. The van der Waals surface area contributed by atoms with Crippen molar-refractivity contribution in [3.8, 4) is 0 Å². The van der Waals surface area contributed by atoms with Crippen LogP contribution < -0.4 is 0 Å². The maximum absolute atomic E-state index is 4.94. The van der Waals surface area contributed by atoms with E-state index in [2.05, 4.69) is 0 Å². The molecule has 0 unspecified atom stereocenters. The molecule has 2 aliphatic rings. The van der Waals surface area contributed by atoms with E-state index in [1.54, 1.807) is 0 Å². The van der Waals surface area contributed by atoms with Crippen molar-refractivity contribution in [1.82, 2.24) is 0 Å². The van der Waals surface area contributed by atoms with E-state index in [4.69, 9.17) is 29.7 Å². The Bertz CT molecular complexity index is 63.0. The molecule has 0 aromatic carbocycles. The average Bonchev–Trinajstić information content (AvgIpc) is 2.85. The molecule has 0 radical (unpaired) electrons. The van der Waals surface area contributed by atoms with Gasteiger partial charge in [0, 0.05) is 26.4 Å². The zero-order valence-electron chi connectivity index (χ0n) is 7.58. The molecule has 5 heteroatoms. The van der Waals surface area contributed by atoms with Crippen molar-refractivity contribution < 1.29 is 22.6 Å². The zero-order chi connectivity index (χ0) is 9.78. The SMILES string of the molecule is C1CCOC1.C1CCOC1.[Cl][Fe][Cl]. The minimum atomic E-state index is 0.194. The molecule has 2 fully saturated rings. The molecule has 0 bridgehead atoms. The molecule has 0 N–H and O–H groups in total. The van der Waals surface area contributed by atoms with Crippen molar-refractivity contribution in [2.75, 3.05) is 26.4 Å². The number of hydrogen-bond donors (Lipinski definition) is 0. The van der Waals surface area contributed by atoms with Gasteiger partial charge in [-0.15, -0.1) is 0 Å². The van der Waals surface area contributed by atoms with Crippen LogP contribution >= 0.6 is 20.2 Å². The fourth-order valence-electron chi connectivity index (χ4n) is 1.02. The van der Waals surface area contributed by atoms with Crippen LogP contribution in [0.1, 0.15) is 25.7 Å². The van der Waals surface area contributed by atoms with Gasteiger partial charge in [0.15, 0.2) is 0 Å². The summed E-state index contributed by atoms with van der Waals surface area (Å²) in [5.41, 5.74) is 0. The van der Waals surface area contributed by atoms with Crippen molar-refractivity contribution in [2.24, 2.45) is 0 Å². The second-order valence-electron chi connectivity index (χ2n) is 2.69. The predicted octanol–water partition coefficient (Wildman–Crippen LogP) is 2.97. The monoisotopic (exact) mass is 270 g/mol. The van der Waals surface area contributed by atoms with Crippen molar-refractivity contribution in [3.63, 3.8) is 0 Å². The van der Waals surface area contributed by atoms with E-state index in [9.17, 15) is 0 Å². The summed E-state index contributed by atoms with van der Waals surface area (Å²) in [5.74, 6) is 0. The first kappa shape index (κ1) is 14.0. The van der Waals surface area contributed by atoms with E-state index < -0.39 is 0 Å². The van der Waals surface area contributed by atoms with Gasteiger partial charge in [-0.05, 0) is 25.7 Å². The molecule has 2 rings (SSSR count). The quantitative estimate of drug-likeness (QED) is 0.630. The molecule has 82 valence electrons. The van der Waals surface area contributed by atoms with Gasteiger partial charge in [0.05, 0.1) is 0 Å². The van der Waals surface area contributed by atoms with Gasteiger partial charge in [-0.25, -0.2) is 0 Å². The van der Waals surface area contributed by atoms with Gasteiger partial charge in [-0.3, -0.25) is 0 Å². The summed E-state index contributed by atoms with van der Waals surface area (Å²) in [4.78, 5) is 0.